The van der Waals surface area contributed by atoms with E-state index in [4.69, 9.17) is 4.74 Å². The molecule has 4 N–H and O–H groups in total. The van der Waals surface area contributed by atoms with Crippen LogP contribution in [0, 0.1) is 25.6 Å². The van der Waals surface area contributed by atoms with E-state index in [-0.39, 0.29) is 37.2 Å². The summed E-state index contributed by atoms with van der Waals surface area (Å²) in [7, 11) is -4.13. The molecule has 2 aromatic carbocycles. The van der Waals surface area contributed by atoms with Gasteiger partial charge in [-0.15, -0.1) is 0 Å². The Morgan fingerprint density at radius 3 is 2.49 bits per heavy atom. The second-order valence-electron chi connectivity index (χ2n) is 8.06. The number of rotatable bonds is 9. The molecule has 4 rings (SSSR count). The van der Waals surface area contributed by atoms with Crippen LogP contribution in [-0.4, -0.2) is 58.6 Å². The number of H-pyrrole nitrogens is 1. The molecule has 0 aliphatic heterocycles. The highest BCUT2D eigenvalue weighted by Crippen LogP contribution is 2.29. The van der Waals surface area contributed by atoms with Crippen LogP contribution in [0.3, 0.4) is 0 Å². The molecule has 0 radical (unpaired) electrons. The lowest BCUT2D eigenvalue weighted by Gasteiger charge is -2.13. The number of benzene rings is 2. The highest BCUT2D eigenvalue weighted by Gasteiger charge is 2.20. The summed E-state index contributed by atoms with van der Waals surface area (Å²) in [4.78, 5) is 8.49. The second-order valence-corrected chi connectivity index (χ2v) is 9.71. The van der Waals surface area contributed by atoms with Gasteiger partial charge in [-0.25, -0.2) is 17.8 Å². The first kappa shape index (κ1) is 24.5. The molecule has 35 heavy (non-hydrogen) atoms. The largest absolute Gasteiger partial charge is 0.477 e. The number of hydrogen-bond donors (Lipinski definition) is 4. The first-order chi connectivity index (χ1) is 16.7. The number of aliphatic hydroxyl groups excluding tert-OH is 2. The highest BCUT2D eigenvalue weighted by atomic mass is 32.2. The molecule has 0 atom stereocenters. The first-order valence-electron chi connectivity index (χ1n) is 10.7. The minimum atomic E-state index is -4.13. The molecule has 0 saturated heterocycles. The molecule has 12 heteroatoms. The summed E-state index contributed by atoms with van der Waals surface area (Å²) in [5.41, 5.74) is 2.47. The molecule has 2 heterocycles. The van der Waals surface area contributed by atoms with Crippen molar-refractivity contribution in [2.75, 3.05) is 24.5 Å². The fraction of sp³-hybridized carbons (Fsp3) is 0.261. The molecule has 0 saturated carbocycles. The summed E-state index contributed by atoms with van der Waals surface area (Å²) < 4.78 is 47.6. The van der Waals surface area contributed by atoms with Gasteiger partial charge >= 0.3 is 0 Å². The number of sulfonamides is 1. The quantitative estimate of drug-likeness (QED) is 0.273. The maximum Gasteiger partial charge on any atom is 0.264 e. The molecule has 4 aromatic rings. The van der Waals surface area contributed by atoms with Crippen molar-refractivity contribution in [1.82, 2.24) is 20.2 Å². The van der Waals surface area contributed by atoms with E-state index in [0.29, 0.717) is 27.9 Å². The van der Waals surface area contributed by atoms with Crippen LogP contribution < -0.4 is 9.46 Å². The minimum Gasteiger partial charge on any atom is -0.477 e. The number of nitrogens with one attached hydrogen (secondary N) is 2. The monoisotopic (exact) mass is 501 g/mol. The van der Waals surface area contributed by atoms with Crippen molar-refractivity contribution in [1.29, 1.82) is 0 Å². The standard InChI is InChI=1S/C23H24FN5O5S/c1-13-3-8-18(24)19(9-13)35(32,33)29-17-6-4-16(5-7-17)21-25-22-20(14(2)27-28-22)23(26-21)34-12-15(10-30)11-31/h3-9,15,29-31H,10-12H2,1-2H3,(H,25,26,27,28). The topological polar surface area (TPSA) is 150 Å². The van der Waals surface area contributed by atoms with E-state index in [0.717, 1.165) is 6.07 Å². The van der Waals surface area contributed by atoms with Crippen LogP contribution in [0.5, 0.6) is 5.88 Å². The average molecular weight is 502 g/mol. The van der Waals surface area contributed by atoms with Gasteiger partial charge in [0.15, 0.2) is 11.5 Å². The Morgan fingerprint density at radius 1 is 1.09 bits per heavy atom. The summed E-state index contributed by atoms with van der Waals surface area (Å²) in [6.45, 7) is 3.02. The molecule has 10 nitrogen and oxygen atoms in total. The van der Waals surface area contributed by atoms with Gasteiger partial charge in [-0.05, 0) is 55.8 Å². The van der Waals surface area contributed by atoms with E-state index in [1.165, 1.54) is 24.3 Å². The second kappa shape index (κ2) is 9.94. The van der Waals surface area contributed by atoms with Gasteiger partial charge in [0, 0.05) is 22.9 Å². The van der Waals surface area contributed by atoms with Gasteiger partial charge < -0.3 is 14.9 Å². The zero-order chi connectivity index (χ0) is 25.2. The van der Waals surface area contributed by atoms with Crippen LogP contribution in [-0.2, 0) is 10.0 Å². The van der Waals surface area contributed by atoms with Crippen LogP contribution in [0.15, 0.2) is 47.4 Å². The Labute approximate surface area is 200 Å². The lowest BCUT2D eigenvalue weighted by atomic mass is 10.2. The van der Waals surface area contributed by atoms with Crippen LogP contribution in [0.2, 0.25) is 0 Å². The van der Waals surface area contributed by atoms with Gasteiger partial charge in [0.1, 0.15) is 16.1 Å². The number of ether oxygens (including phenoxy) is 1. The lowest BCUT2D eigenvalue weighted by Crippen LogP contribution is -2.20. The van der Waals surface area contributed by atoms with Crippen molar-refractivity contribution >= 4 is 26.7 Å². The maximum absolute atomic E-state index is 14.1. The highest BCUT2D eigenvalue weighted by molar-refractivity contribution is 7.92. The number of fused-ring (bicyclic) bond motifs is 1. The molecule has 0 fully saturated rings. The number of anilines is 1. The zero-order valence-corrected chi connectivity index (χ0v) is 19.8. The first-order valence-corrected chi connectivity index (χ1v) is 12.2. The summed E-state index contributed by atoms with van der Waals surface area (Å²) in [5.74, 6) is -0.792. The lowest BCUT2D eigenvalue weighted by molar-refractivity contribution is 0.105. The Kier molecular flexibility index (Phi) is 6.96. The predicted octanol–water partition coefficient (Wildman–Crippen LogP) is 2.56. The molecule has 0 spiro atoms. The predicted molar refractivity (Wildman–Crippen MR) is 127 cm³/mol. The van der Waals surface area contributed by atoms with E-state index in [1.54, 1.807) is 26.0 Å². The Balaban J connectivity index is 1.62. The van der Waals surface area contributed by atoms with E-state index < -0.39 is 26.7 Å². The van der Waals surface area contributed by atoms with Crippen molar-refractivity contribution < 1.29 is 27.8 Å². The van der Waals surface area contributed by atoms with E-state index in [1.807, 2.05) is 0 Å². The molecule has 0 bridgehead atoms. The summed E-state index contributed by atoms with van der Waals surface area (Å²) in [5, 5.41) is 26.2. The van der Waals surface area contributed by atoms with Gasteiger partial charge in [-0.3, -0.25) is 9.82 Å². The van der Waals surface area contributed by atoms with E-state index in [9.17, 15) is 23.0 Å². The van der Waals surface area contributed by atoms with E-state index in [2.05, 4.69) is 24.9 Å². The fourth-order valence-corrected chi connectivity index (χ4v) is 4.56. The normalized spacial score (nSPS) is 11.8. The smallest absolute Gasteiger partial charge is 0.264 e. The molecule has 2 aromatic heterocycles. The van der Waals surface area contributed by atoms with Crippen molar-refractivity contribution in [3.8, 4) is 17.3 Å². The minimum absolute atomic E-state index is 0.0411. The van der Waals surface area contributed by atoms with Crippen LogP contribution in [0.1, 0.15) is 11.3 Å². The summed E-state index contributed by atoms with van der Waals surface area (Å²) >= 11 is 0. The van der Waals surface area contributed by atoms with E-state index >= 15 is 0 Å². The number of hydrogen-bond acceptors (Lipinski definition) is 8. The third-order valence-electron chi connectivity index (χ3n) is 5.30. The molecular weight excluding hydrogens is 477 g/mol. The molecule has 0 amide bonds. The number of halogens is 1. The van der Waals surface area contributed by atoms with Crippen LogP contribution >= 0.6 is 0 Å². The SMILES string of the molecule is Cc1ccc(F)c(S(=O)(=O)Nc2ccc(-c3nc(OCC(CO)CO)c4c(C)[nH]nc4n3)cc2)c1. The van der Waals surface area contributed by atoms with Crippen molar-refractivity contribution in [2.45, 2.75) is 18.7 Å². The Morgan fingerprint density at radius 2 is 1.80 bits per heavy atom. The van der Waals surface area contributed by atoms with Crippen molar-refractivity contribution in [3.63, 3.8) is 0 Å². The van der Waals surface area contributed by atoms with Crippen molar-refractivity contribution in [3.05, 3.63) is 59.5 Å². The third kappa shape index (κ3) is 5.24. The number of aryl methyl sites for hydroxylation is 2. The van der Waals surface area contributed by atoms with Crippen molar-refractivity contribution in [2.24, 2.45) is 5.92 Å². The maximum atomic E-state index is 14.1. The van der Waals surface area contributed by atoms with Gasteiger partial charge in [0.05, 0.1) is 19.8 Å². The molecule has 0 aliphatic carbocycles. The Bertz CT molecular complexity index is 1450. The number of nitrogens with zero attached hydrogens (tertiary/aromatic N) is 3. The fourth-order valence-electron chi connectivity index (χ4n) is 3.34. The molecule has 0 unspecified atom stereocenters. The molecular formula is C23H24FN5O5S. The van der Waals surface area contributed by atoms with Gasteiger partial charge in [-0.1, -0.05) is 6.07 Å². The summed E-state index contributed by atoms with van der Waals surface area (Å²) in [6.07, 6.45) is 0. The summed E-state index contributed by atoms with van der Waals surface area (Å²) in [6, 6.07) is 10.1. The number of aromatic nitrogens is 4. The van der Waals surface area contributed by atoms with Crippen LogP contribution in [0.25, 0.3) is 22.4 Å². The number of aliphatic hydroxyl groups is 2. The van der Waals surface area contributed by atoms with Gasteiger partial charge in [0.2, 0.25) is 5.88 Å². The Hall–Kier alpha value is -3.61. The third-order valence-corrected chi connectivity index (χ3v) is 6.70. The average Bonchev–Trinajstić information content (AvgIpc) is 3.22. The van der Waals surface area contributed by atoms with Crippen LogP contribution in [0.4, 0.5) is 10.1 Å². The van der Waals surface area contributed by atoms with Gasteiger partial charge in [-0.2, -0.15) is 10.1 Å². The van der Waals surface area contributed by atoms with Gasteiger partial charge in [0.25, 0.3) is 10.0 Å². The molecule has 0 aliphatic rings. The number of aromatic amines is 1. The zero-order valence-electron chi connectivity index (χ0n) is 19.0. The molecule has 184 valence electrons.